The van der Waals surface area contributed by atoms with Crippen molar-refractivity contribution in [2.24, 2.45) is 0 Å². The Balaban J connectivity index is 2.55. The van der Waals surface area contributed by atoms with Crippen LogP contribution in [0.1, 0.15) is 33.9 Å². The van der Waals surface area contributed by atoms with Gasteiger partial charge in [-0.05, 0) is 33.8 Å². The van der Waals surface area contributed by atoms with Crippen molar-refractivity contribution in [3.63, 3.8) is 0 Å². The Kier molecular flexibility index (Phi) is 4.84. The van der Waals surface area contributed by atoms with Gasteiger partial charge < -0.3 is 14.6 Å². The van der Waals surface area contributed by atoms with Crippen molar-refractivity contribution < 1.29 is 14.6 Å². The largest absolute Gasteiger partial charge is 0.508 e. The molecule has 0 saturated carbocycles. The van der Waals surface area contributed by atoms with Gasteiger partial charge in [0.15, 0.2) is 0 Å². The summed E-state index contributed by atoms with van der Waals surface area (Å²) in [6, 6.07) is 0. The Labute approximate surface area is 158 Å². The number of rotatable bonds is 4. The molecule has 0 aliphatic heterocycles. The monoisotopic (exact) mass is 368 g/mol. The molecule has 0 saturated heterocycles. The van der Waals surface area contributed by atoms with E-state index >= 15 is 0 Å². The summed E-state index contributed by atoms with van der Waals surface area (Å²) in [4.78, 5) is 17.7. The topological polar surface area (TPSA) is 90.2 Å². The van der Waals surface area contributed by atoms with Crippen LogP contribution in [0.4, 0.5) is 0 Å². The van der Waals surface area contributed by atoms with Crippen LogP contribution < -0.4 is 0 Å². The average Bonchev–Trinajstić information content (AvgIpc) is 2.63. The van der Waals surface area contributed by atoms with E-state index < -0.39 is 11.2 Å². The van der Waals surface area contributed by atoms with Crippen LogP contribution >= 0.6 is 0 Å². The maximum absolute atomic E-state index is 10.3. The van der Waals surface area contributed by atoms with Gasteiger partial charge in [-0.25, -0.2) is 19.9 Å². The number of nitrogens with zero attached hydrogens (tertiary/aromatic N) is 4. The van der Waals surface area contributed by atoms with E-state index in [1.165, 1.54) is 12.7 Å². The van der Waals surface area contributed by atoms with Crippen LogP contribution in [-0.4, -0.2) is 45.0 Å². The van der Waals surface area contributed by atoms with Gasteiger partial charge in [-0.1, -0.05) is 6.08 Å². The molecule has 7 nitrogen and oxygen atoms in total. The van der Waals surface area contributed by atoms with Crippen molar-refractivity contribution >= 4 is 0 Å². The molecule has 0 aromatic carbocycles. The fourth-order valence-corrected chi connectivity index (χ4v) is 4.17. The first-order valence-electron chi connectivity index (χ1n) is 8.61. The molecule has 0 unspecified atom stereocenters. The van der Waals surface area contributed by atoms with Gasteiger partial charge >= 0.3 is 0 Å². The number of ether oxygens (including phenoxy) is 2. The summed E-state index contributed by atoms with van der Waals surface area (Å²) in [5.74, 6) is -1.29. The third kappa shape index (κ3) is 2.65. The van der Waals surface area contributed by atoms with Crippen molar-refractivity contribution in [1.29, 1.82) is 0 Å². The number of hydrogen-bond acceptors (Lipinski definition) is 7. The lowest BCUT2D eigenvalue weighted by atomic mass is 9.64. The molecule has 3 rings (SSSR count). The fraction of sp³-hybridized carbons (Fsp3) is 0.400. The van der Waals surface area contributed by atoms with Crippen LogP contribution in [0.15, 0.2) is 36.6 Å². The minimum absolute atomic E-state index is 0.0497. The molecule has 27 heavy (non-hydrogen) atoms. The zero-order valence-corrected chi connectivity index (χ0v) is 16.4. The minimum atomic E-state index is -1.34. The Hall–Kier alpha value is -2.64. The summed E-state index contributed by atoms with van der Waals surface area (Å²) in [7, 11) is 3.09. The molecule has 0 amide bonds. The van der Waals surface area contributed by atoms with Crippen LogP contribution in [0.5, 0.6) is 0 Å². The Morgan fingerprint density at radius 2 is 1.19 bits per heavy atom. The molecule has 7 heteroatoms. The molecule has 2 aromatic heterocycles. The second-order valence-corrected chi connectivity index (χ2v) is 6.63. The highest BCUT2D eigenvalue weighted by Crippen LogP contribution is 2.51. The van der Waals surface area contributed by atoms with Crippen molar-refractivity contribution in [3.8, 4) is 0 Å². The van der Waals surface area contributed by atoms with Crippen LogP contribution in [0.25, 0.3) is 0 Å². The summed E-state index contributed by atoms with van der Waals surface area (Å²) < 4.78 is 11.8. The molecule has 1 aliphatic rings. The van der Waals surface area contributed by atoms with Crippen molar-refractivity contribution in [3.05, 3.63) is 70.5 Å². The Morgan fingerprint density at radius 1 is 0.778 bits per heavy atom. The number of aryl methyl sites for hydroxylation is 4. The zero-order chi connectivity index (χ0) is 19.8. The highest BCUT2D eigenvalue weighted by molar-refractivity contribution is 5.57. The molecule has 0 bridgehead atoms. The first-order valence-corrected chi connectivity index (χ1v) is 8.61. The molecule has 2 aromatic rings. The van der Waals surface area contributed by atoms with E-state index in [9.17, 15) is 5.11 Å². The lowest BCUT2D eigenvalue weighted by Gasteiger charge is -2.48. The van der Waals surface area contributed by atoms with Gasteiger partial charge in [0, 0.05) is 54.2 Å². The van der Waals surface area contributed by atoms with Crippen LogP contribution in [0, 0.1) is 27.7 Å². The van der Waals surface area contributed by atoms with Gasteiger partial charge in [0.2, 0.25) is 5.79 Å². The van der Waals surface area contributed by atoms with E-state index in [4.69, 9.17) is 9.47 Å². The maximum Gasteiger partial charge on any atom is 0.209 e. The third-order valence-corrected chi connectivity index (χ3v) is 5.24. The number of aliphatic hydroxyl groups is 1. The van der Waals surface area contributed by atoms with E-state index in [1.807, 2.05) is 33.8 Å². The number of allylic oxidation sites excluding steroid dienone is 1. The van der Waals surface area contributed by atoms with Crippen LogP contribution in [0.3, 0.4) is 0 Å². The maximum atomic E-state index is 10.3. The first-order chi connectivity index (χ1) is 12.8. The molecule has 2 heterocycles. The highest BCUT2D eigenvalue weighted by atomic mass is 16.7. The molecule has 1 aliphatic carbocycles. The van der Waals surface area contributed by atoms with Gasteiger partial charge in [-0.2, -0.15) is 0 Å². The smallest absolute Gasteiger partial charge is 0.209 e. The number of hydrogen-bond donors (Lipinski definition) is 1. The molecular weight excluding hydrogens is 344 g/mol. The second-order valence-electron chi connectivity index (χ2n) is 6.63. The average molecular weight is 368 g/mol. The predicted octanol–water partition coefficient (Wildman–Crippen LogP) is 2.79. The molecular formula is C20H24N4O3. The van der Waals surface area contributed by atoms with E-state index in [0.29, 0.717) is 0 Å². The predicted molar refractivity (Wildman–Crippen MR) is 100 cm³/mol. The van der Waals surface area contributed by atoms with E-state index in [0.717, 1.165) is 33.9 Å². The zero-order valence-electron chi connectivity index (χ0n) is 16.4. The molecule has 1 N–H and O–H groups in total. The highest BCUT2D eigenvalue weighted by Gasteiger charge is 2.57. The Bertz CT molecular complexity index is 841. The van der Waals surface area contributed by atoms with Crippen LogP contribution in [-0.2, 0) is 14.9 Å². The molecule has 0 radical (unpaired) electrons. The molecule has 0 atom stereocenters. The van der Waals surface area contributed by atoms with E-state index in [-0.39, 0.29) is 5.76 Å². The second kappa shape index (κ2) is 6.83. The van der Waals surface area contributed by atoms with Gasteiger partial charge in [-0.15, -0.1) is 0 Å². The first kappa shape index (κ1) is 19.1. The standard InChI is InChI=1S/C20H24N4O3/c1-12-17(13(2)22-10-21-12)19(18-14(3)23-11-24-15(18)4)8-7-16(25)9-20(19,26-5)27-6/h7-11,25H,1-6H3. The van der Waals surface area contributed by atoms with Gasteiger partial charge in [-0.3, -0.25) is 0 Å². The summed E-state index contributed by atoms with van der Waals surface area (Å²) in [5, 5.41) is 10.3. The van der Waals surface area contributed by atoms with Crippen molar-refractivity contribution in [2.45, 2.75) is 38.9 Å². The number of methoxy groups -OCH3 is 2. The van der Waals surface area contributed by atoms with E-state index in [1.54, 1.807) is 26.4 Å². The summed E-state index contributed by atoms with van der Waals surface area (Å²) in [6.45, 7) is 7.68. The van der Waals surface area contributed by atoms with Crippen LogP contribution in [0.2, 0.25) is 0 Å². The SMILES string of the molecule is COC1(OC)C=C(O)C=CC1(c1c(C)ncnc1C)c1c(C)ncnc1C. The van der Waals surface area contributed by atoms with Gasteiger partial charge in [0.05, 0.1) is 0 Å². The van der Waals surface area contributed by atoms with E-state index in [2.05, 4.69) is 19.9 Å². The van der Waals surface area contributed by atoms with Crippen molar-refractivity contribution in [1.82, 2.24) is 19.9 Å². The molecule has 0 fully saturated rings. The quantitative estimate of drug-likeness (QED) is 0.830. The lowest BCUT2D eigenvalue weighted by molar-refractivity contribution is -0.200. The van der Waals surface area contributed by atoms with Crippen molar-refractivity contribution in [2.75, 3.05) is 14.2 Å². The Morgan fingerprint density at radius 3 is 1.56 bits per heavy atom. The van der Waals surface area contributed by atoms with Gasteiger partial charge in [0.25, 0.3) is 0 Å². The summed E-state index contributed by atoms with van der Waals surface area (Å²) in [6.07, 6.45) is 8.12. The molecule has 0 spiro atoms. The number of aliphatic hydroxyl groups excluding tert-OH is 1. The third-order valence-electron chi connectivity index (χ3n) is 5.24. The van der Waals surface area contributed by atoms with Gasteiger partial charge in [0.1, 0.15) is 23.8 Å². The lowest BCUT2D eigenvalue weighted by Crippen LogP contribution is -2.56. The molecule has 142 valence electrons. The summed E-state index contributed by atoms with van der Waals surface area (Å²) >= 11 is 0. The summed E-state index contributed by atoms with van der Waals surface area (Å²) in [5.41, 5.74) is 3.79. The number of aromatic nitrogens is 4. The fourth-order valence-electron chi connectivity index (χ4n) is 4.17. The normalized spacial score (nSPS) is 17.6. The minimum Gasteiger partial charge on any atom is -0.508 e.